The molecule has 0 saturated carbocycles. The van der Waals surface area contributed by atoms with E-state index < -0.39 is 0 Å². The molecule has 0 fully saturated rings. The first-order valence-electron chi connectivity index (χ1n) is 6.64. The van der Waals surface area contributed by atoms with Crippen LogP contribution in [-0.2, 0) is 6.54 Å². The number of nitrogens with two attached hydrogens (primary N) is 1. The summed E-state index contributed by atoms with van der Waals surface area (Å²) in [6, 6.07) is 18.1. The van der Waals surface area contributed by atoms with E-state index in [-0.39, 0.29) is 0 Å². The summed E-state index contributed by atoms with van der Waals surface area (Å²) >= 11 is 0. The first kappa shape index (κ1) is 12.9. The van der Waals surface area contributed by atoms with Crippen LogP contribution in [0.2, 0.25) is 0 Å². The largest absolute Gasteiger partial charge is 0.396 e. The molecule has 2 aromatic carbocycles. The van der Waals surface area contributed by atoms with E-state index in [0.29, 0.717) is 23.6 Å². The number of aromatic nitrogens is 1. The van der Waals surface area contributed by atoms with Gasteiger partial charge in [-0.1, -0.05) is 42.5 Å². The molecule has 0 amide bonds. The number of hydrogen-bond acceptors (Lipinski definition) is 4. The monoisotopic (exact) mass is 274 g/mol. The molecule has 0 aliphatic rings. The van der Waals surface area contributed by atoms with Gasteiger partial charge in [-0.3, -0.25) is 0 Å². The van der Waals surface area contributed by atoms with Crippen molar-refractivity contribution in [2.75, 3.05) is 11.1 Å². The van der Waals surface area contributed by atoms with E-state index in [1.54, 1.807) is 6.07 Å². The molecule has 4 heteroatoms. The maximum Gasteiger partial charge on any atom is 0.149 e. The van der Waals surface area contributed by atoms with E-state index >= 15 is 0 Å². The Bertz CT molecular complexity index is 828. The van der Waals surface area contributed by atoms with E-state index in [0.717, 1.165) is 0 Å². The van der Waals surface area contributed by atoms with Gasteiger partial charge in [0.2, 0.25) is 0 Å². The van der Waals surface area contributed by atoms with Crippen LogP contribution in [0.15, 0.2) is 54.7 Å². The van der Waals surface area contributed by atoms with E-state index in [2.05, 4.69) is 34.6 Å². The third-order valence-electron chi connectivity index (χ3n) is 3.37. The van der Waals surface area contributed by atoms with E-state index in [1.165, 1.54) is 22.5 Å². The Morgan fingerprint density at radius 2 is 1.95 bits per heavy atom. The highest BCUT2D eigenvalue weighted by Gasteiger charge is 2.04. The molecule has 0 unspecified atom stereocenters. The number of nitrogens with zero attached hydrogens (tertiary/aromatic N) is 2. The van der Waals surface area contributed by atoms with E-state index in [1.807, 2.05) is 24.3 Å². The van der Waals surface area contributed by atoms with Crippen LogP contribution in [-0.4, -0.2) is 4.98 Å². The maximum absolute atomic E-state index is 8.81. The third-order valence-corrected chi connectivity index (χ3v) is 3.37. The van der Waals surface area contributed by atoms with Crippen LogP contribution in [0, 0.1) is 11.3 Å². The fourth-order valence-corrected chi connectivity index (χ4v) is 2.32. The number of hydrogen-bond donors (Lipinski definition) is 2. The molecule has 3 rings (SSSR count). The van der Waals surface area contributed by atoms with Gasteiger partial charge in [-0.05, 0) is 22.4 Å². The first-order chi connectivity index (χ1) is 10.3. The SMILES string of the molecule is N#Cc1cnc(NCc2cccc3ccccc23)c(N)c1. The van der Waals surface area contributed by atoms with Crippen LogP contribution < -0.4 is 11.1 Å². The van der Waals surface area contributed by atoms with Crippen LogP contribution in [0.25, 0.3) is 10.8 Å². The molecule has 1 aromatic heterocycles. The molecule has 0 aliphatic carbocycles. The topological polar surface area (TPSA) is 74.7 Å². The molecule has 0 aliphatic heterocycles. The average Bonchev–Trinajstić information content (AvgIpc) is 2.53. The first-order valence-corrected chi connectivity index (χ1v) is 6.64. The number of benzene rings is 2. The van der Waals surface area contributed by atoms with E-state index in [4.69, 9.17) is 11.0 Å². The van der Waals surface area contributed by atoms with Crippen molar-refractivity contribution in [3.8, 4) is 6.07 Å². The minimum Gasteiger partial charge on any atom is -0.396 e. The number of nitrogen functional groups attached to an aromatic ring is 1. The molecule has 102 valence electrons. The van der Waals surface area contributed by atoms with Gasteiger partial charge >= 0.3 is 0 Å². The maximum atomic E-state index is 8.81. The Morgan fingerprint density at radius 1 is 1.14 bits per heavy atom. The van der Waals surface area contributed by atoms with E-state index in [9.17, 15) is 0 Å². The minimum absolute atomic E-state index is 0.461. The predicted molar refractivity (Wildman–Crippen MR) is 84.6 cm³/mol. The zero-order valence-corrected chi connectivity index (χ0v) is 11.4. The Hall–Kier alpha value is -3.06. The molecule has 3 N–H and O–H groups in total. The molecule has 21 heavy (non-hydrogen) atoms. The third kappa shape index (κ3) is 2.63. The van der Waals surface area contributed by atoms with Crippen LogP contribution in [0.5, 0.6) is 0 Å². The van der Waals surface area contributed by atoms with Gasteiger partial charge in [-0.25, -0.2) is 4.98 Å². The summed E-state index contributed by atoms with van der Waals surface area (Å²) in [5, 5.41) is 14.5. The quantitative estimate of drug-likeness (QED) is 0.768. The summed E-state index contributed by atoms with van der Waals surface area (Å²) < 4.78 is 0. The standard InChI is InChI=1S/C17H14N4/c18-9-12-8-16(19)17(20-10-12)21-11-14-6-3-5-13-4-1-2-7-15(13)14/h1-8,10H,11,19H2,(H,20,21). The molecule has 4 nitrogen and oxygen atoms in total. The Balaban J connectivity index is 1.86. The van der Waals surface area contributed by atoms with Gasteiger partial charge in [-0.15, -0.1) is 0 Å². The lowest BCUT2D eigenvalue weighted by Crippen LogP contribution is -2.05. The Labute approximate surface area is 122 Å². The van der Waals surface area contributed by atoms with Gasteiger partial charge in [-0.2, -0.15) is 5.26 Å². The second-order valence-corrected chi connectivity index (χ2v) is 4.77. The molecular formula is C17H14N4. The van der Waals surface area contributed by atoms with Crippen LogP contribution in [0.1, 0.15) is 11.1 Å². The molecule has 0 saturated heterocycles. The number of nitrogens with one attached hydrogen (secondary N) is 1. The van der Waals surface area contributed by atoms with Crippen molar-refractivity contribution < 1.29 is 0 Å². The Kier molecular flexibility index (Phi) is 3.40. The summed E-state index contributed by atoms with van der Waals surface area (Å²) in [7, 11) is 0. The smallest absolute Gasteiger partial charge is 0.149 e. The van der Waals surface area contributed by atoms with Crippen molar-refractivity contribution in [1.82, 2.24) is 4.98 Å². The lowest BCUT2D eigenvalue weighted by molar-refractivity contribution is 1.12. The van der Waals surface area contributed by atoms with Crippen LogP contribution in [0.3, 0.4) is 0 Å². The fourth-order valence-electron chi connectivity index (χ4n) is 2.32. The highest BCUT2D eigenvalue weighted by Crippen LogP contribution is 2.21. The van der Waals surface area contributed by atoms with Gasteiger partial charge in [0.05, 0.1) is 11.3 Å². The lowest BCUT2D eigenvalue weighted by atomic mass is 10.0. The summed E-state index contributed by atoms with van der Waals surface area (Å²) in [6.07, 6.45) is 1.52. The number of nitriles is 1. The van der Waals surface area contributed by atoms with Gasteiger partial charge in [0.25, 0.3) is 0 Å². The van der Waals surface area contributed by atoms with Crippen molar-refractivity contribution in [3.05, 3.63) is 65.9 Å². The molecule has 1 heterocycles. The second kappa shape index (κ2) is 5.51. The van der Waals surface area contributed by atoms with Crippen molar-refractivity contribution in [3.63, 3.8) is 0 Å². The average molecular weight is 274 g/mol. The number of fused-ring (bicyclic) bond motifs is 1. The minimum atomic E-state index is 0.461. The molecule has 0 bridgehead atoms. The molecule has 3 aromatic rings. The predicted octanol–water partition coefficient (Wildman–Crippen LogP) is 3.30. The number of rotatable bonds is 3. The van der Waals surface area contributed by atoms with Crippen molar-refractivity contribution >= 4 is 22.3 Å². The lowest BCUT2D eigenvalue weighted by Gasteiger charge is -2.10. The second-order valence-electron chi connectivity index (χ2n) is 4.77. The Morgan fingerprint density at radius 3 is 2.76 bits per heavy atom. The summed E-state index contributed by atoms with van der Waals surface area (Å²) in [6.45, 7) is 0.629. The zero-order chi connectivity index (χ0) is 14.7. The van der Waals surface area contributed by atoms with Crippen molar-refractivity contribution in [2.24, 2.45) is 0 Å². The number of pyridine rings is 1. The summed E-state index contributed by atoms with van der Waals surface area (Å²) in [4.78, 5) is 4.19. The normalized spacial score (nSPS) is 10.2. The van der Waals surface area contributed by atoms with Gasteiger partial charge in [0, 0.05) is 12.7 Å². The molecule has 0 atom stereocenters. The zero-order valence-electron chi connectivity index (χ0n) is 11.4. The fraction of sp³-hybridized carbons (Fsp3) is 0.0588. The van der Waals surface area contributed by atoms with Gasteiger partial charge in [0.15, 0.2) is 0 Å². The van der Waals surface area contributed by atoms with Gasteiger partial charge in [0.1, 0.15) is 11.9 Å². The summed E-state index contributed by atoms with van der Waals surface area (Å²) in [5.41, 5.74) is 8.02. The van der Waals surface area contributed by atoms with Crippen LogP contribution >= 0.6 is 0 Å². The summed E-state index contributed by atoms with van der Waals surface area (Å²) in [5.74, 6) is 0.599. The number of anilines is 2. The molecule has 0 spiro atoms. The molecule has 0 radical (unpaired) electrons. The molecular weight excluding hydrogens is 260 g/mol. The van der Waals surface area contributed by atoms with Crippen LogP contribution in [0.4, 0.5) is 11.5 Å². The highest BCUT2D eigenvalue weighted by molar-refractivity contribution is 5.85. The highest BCUT2D eigenvalue weighted by atomic mass is 15.0. The van der Waals surface area contributed by atoms with Crippen molar-refractivity contribution in [1.29, 1.82) is 5.26 Å². The van der Waals surface area contributed by atoms with Gasteiger partial charge < -0.3 is 11.1 Å². The van der Waals surface area contributed by atoms with Crippen molar-refractivity contribution in [2.45, 2.75) is 6.54 Å².